The molecule has 0 radical (unpaired) electrons. The van der Waals surface area contributed by atoms with Crippen molar-refractivity contribution in [3.8, 4) is 11.1 Å². The highest BCUT2D eigenvalue weighted by molar-refractivity contribution is 7.92. The van der Waals surface area contributed by atoms with Gasteiger partial charge in [-0.15, -0.1) is 0 Å². The Morgan fingerprint density at radius 2 is 1.81 bits per heavy atom. The highest BCUT2D eigenvalue weighted by Gasteiger charge is 2.30. The van der Waals surface area contributed by atoms with Crippen LogP contribution in [-0.4, -0.2) is 66.5 Å². The van der Waals surface area contributed by atoms with Crippen LogP contribution >= 0.6 is 0 Å². The lowest BCUT2D eigenvalue weighted by molar-refractivity contribution is -0.129. The predicted molar refractivity (Wildman–Crippen MR) is 156 cm³/mol. The molecule has 2 heterocycles. The van der Waals surface area contributed by atoms with Crippen molar-refractivity contribution in [1.82, 2.24) is 19.4 Å². The molecule has 0 bridgehead atoms. The second-order valence-electron chi connectivity index (χ2n) is 11.4. The normalized spacial score (nSPS) is 18.1. The minimum atomic E-state index is -4.67. The van der Waals surface area contributed by atoms with Crippen molar-refractivity contribution in [3.05, 3.63) is 46.6 Å². The summed E-state index contributed by atoms with van der Waals surface area (Å²) in [5.41, 5.74) is -0.203. The molecule has 2 aromatic heterocycles. The van der Waals surface area contributed by atoms with Gasteiger partial charge < -0.3 is 10.2 Å². The lowest BCUT2D eigenvalue weighted by Gasteiger charge is -2.30. The van der Waals surface area contributed by atoms with Gasteiger partial charge in [0.05, 0.1) is 17.9 Å². The first-order chi connectivity index (χ1) is 19.6. The van der Waals surface area contributed by atoms with E-state index < -0.39 is 45.4 Å². The van der Waals surface area contributed by atoms with Crippen molar-refractivity contribution >= 4 is 32.7 Å². The molecular weight excluding hydrogens is 576 g/mol. The number of halogens is 4. The predicted octanol–water partition coefficient (Wildman–Crippen LogP) is 5.40. The molecule has 0 unspecified atom stereocenters. The molecule has 1 aliphatic rings. The zero-order valence-electron chi connectivity index (χ0n) is 24.0. The molecule has 0 amide bonds. The largest absolute Gasteiger partial charge is 0.390 e. The molecule has 1 saturated carbocycles. The lowest BCUT2D eigenvalue weighted by atomic mass is 9.86. The molecule has 1 aromatic carbocycles. The van der Waals surface area contributed by atoms with Crippen LogP contribution in [0.2, 0.25) is 0 Å². The third kappa shape index (κ3) is 7.97. The molecule has 0 aliphatic heterocycles. The molecule has 0 spiro atoms. The average molecular weight is 613 g/mol. The van der Waals surface area contributed by atoms with E-state index in [0.29, 0.717) is 22.9 Å². The fraction of sp³-hybridized carbons (Fsp3) is 0.536. The van der Waals surface area contributed by atoms with E-state index in [0.717, 1.165) is 44.4 Å². The summed E-state index contributed by atoms with van der Waals surface area (Å²) in [6.07, 6.45) is -0.433. The van der Waals surface area contributed by atoms with Crippen LogP contribution in [0.15, 0.2) is 35.3 Å². The molecule has 3 aromatic rings. The number of hydrogen-bond donors (Lipinski definition) is 2. The molecule has 0 atom stereocenters. The fourth-order valence-corrected chi connectivity index (χ4v) is 6.40. The van der Waals surface area contributed by atoms with Crippen LogP contribution in [-0.2, 0) is 10.0 Å². The number of nitrogens with one attached hydrogen (secondary N) is 2. The highest BCUT2D eigenvalue weighted by Crippen LogP contribution is 2.29. The Balaban J connectivity index is 1.59. The number of aromatic nitrogens is 3. The average Bonchev–Trinajstić information content (AvgIpc) is 2.88. The molecular formula is C28H36F4N6O3S. The highest BCUT2D eigenvalue weighted by atomic mass is 32.2. The van der Waals surface area contributed by atoms with Crippen LogP contribution in [0.5, 0.6) is 0 Å². The molecule has 0 saturated heterocycles. The third-order valence-corrected chi connectivity index (χ3v) is 8.57. The van der Waals surface area contributed by atoms with Gasteiger partial charge in [-0.3, -0.25) is 14.1 Å². The number of benzene rings is 1. The first kappa shape index (κ1) is 31.7. The summed E-state index contributed by atoms with van der Waals surface area (Å²) in [5.74, 6) is -1.19. The summed E-state index contributed by atoms with van der Waals surface area (Å²) in [7, 11) is -0.289. The van der Waals surface area contributed by atoms with Crippen LogP contribution in [0.1, 0.15) is 52.0 Å². The number of rotatable bonds is 10. The van der Waals surface area contributed by atoms with E-state index >= 15 is 0 Å². The molecule has 1 fully saturated rings. The Morgan fingerprint density at radius 1 is 1.12 bits per heavy atom. The van der Waals surface area contributed by atoms with E-state index in [9.17, 15) is 30.8 Å². The summed E-state index contributed by atoms with van der Waals surface area (Å²) >= 11 is 0. The first-order valence-electron chi connectivity index (χ1n) is 13.8. The number of nitrogens with zero attached hydrogens (tertiary/aromatic N) is 4. The van der Waals surface area contributed by atoms with Gasteiger partial charge >= 0.3 is 6.18 Å². The first-order valence-corrected chi connectivity index (χ1v) is 15.5. The van der Waals surface area contributed by atoms with Crippen LogP contribution in [0.25, 0.3) is 22.2 Å². The van der Waals surface area contributed by atoms with Crippen molar-refractivity contribution in [2.75, 3.05) is 36.4 Å². The number of fused-ring (bicyclic) bond motifs is 1. The summed E-state index contributed by atoms with van der Waals surface area (Å²) in [4.78, 5) is 24.9. The van der Waals surface area contributed by atoms with Gasteiger partial charge in [-0.05, 0) is 83.3 Å². The topological polar surface area (TPSA) is 109 Å². The standard InChI is InChI=1S/C28H36F4N6O3S/c1-17(2)38-25-20(15-33-27(35-25)34-21-8-5-18(6-9-21)16-37(3)4)13-22(26(38)39)19-7-10-24(23(29)14-19)36-42(40,41)12-11-28(30,31)32/h7,10,13-15,17-18,21,36H,5-6,8-9,11-12,16H2,1-4H3,(H,33,34,35). The maximum absolute atomic E-state index is 14.9. The summed E-state index contributed by atoms with van der Waals surface area (Å²) in [6.45, 7) is 4.71. The maximum Gasteiger partial charge on any atom is 0.390 e. The molecule has 9 nitrogen and oxygen atoms in total. The van der Waals surface area contributed by atoms with E-state index in [2.05, 4.69) is 34.3 Å². The zero-order valence-corrected chi connectivity index (χ0v) is 24.8. The second kappa shape index (κ2) is 12.5. The maximum atomic E-state index is 14.9. The molecule has 42 heavy (non-hydrogen) atoms. The molecule has 14 heteroatoms. The van der Waals surface area contributed by atoms with Crippen LogP contribution in [0, 0.1) is 11.7 Å². The SMILES string of the molecule is CC(C)n1c(=O)c(-c2ccc(NS(=O)(=O)CCC(F)(F)F)c(F)c2)cc2cnc(NC3CCC(CN(C)C)CC3)nc21. The quantitative estimate of drug-likeness (QED) is 0.295. The van der Waals surface area contributed by atoms with E-state index in [1.165, 1.54) is 10.6 Å². The number of alkyl halides is 3. The lowest BCUT2D eigenvalue weighted by Crippen LogP contribution is -2.31. The van der Waals surface area contributed by atoms with Crippen LogP contribution in [0.3, 0.4) is 0 Å². The molecule has 2 N–H and O–H groups in total. The van der Waals surface area contributed by atoms with E-state index in [1.807, 2.05) is 18.6 Å². The zero-order chi connectivity index (χ0) is 30.8. The van der Waals surface area contributed by atoms with Crippen molar-refractivity contribution < 1.29 is 26.0 Å². The van der Waals surface area contributed by atoms with Gasteiger partial charge in [-0.2, -0.15) is 18.2 Å². The van der Waals surface area contributed by atoms with Gasteiger partial charge in [0.1, 0.15) is 11.5 Å². The monoisotopic (exact) mass is 612 g/mol. The Labute approximate surface area is 242 Å². The Morgan fingerprint density at radius 3 is 2.40 bits per heavy atom. The van der Waals surface area contributed by atoms with Gasteiger partial charge in [0.25, 0.3) is 5.56 Å². The Kier molecular flexibility index (Phi) is 9.46. The van der Waals surface area contributed by atoms with Crippen molar-refractivity contribution in [2.24, 2.45) is 5.92 Å². The third-order valence-electron chi connectivity index (χ3n) is 7.29. The smallest absolute Gasteiger partial charge is 0.351 e. The Hall–Kier alpha value is -3.26. The van der Waals surface area contributed by atoms with E-state index in [-0.39, 0.29) is 23.2 Å². The molecule has 1 aliphatic carbocycles. The van der Waals surface area contributed by atoms with Gasteiger partial charge in [-0.25, -0.2) is 17.8 Å². The van der Waals surface area contributed by atoms with Crippen LogP contribution in [0.4, 0.5) is 29.2 Å². The van der Waals surface area contributed by atoms with Gasteiger partial charge in [0, 0.05) is 35.8 Å². The van der Waals surface area contributed by atoms with E-state index in [1.54, 1.807) is 12.3 Å². The van der Waals surface area contributed by atoms with Gasteiger partial charge in [0.2, 0.25) is 16.0 Å². The fourth-order valence-electron chi connectivity index (χ4n) is 5.30. The number of hydrogen-bond acceptors (Lipinski definition) is 7. The van der Waals surface area contributed by atoms with Gasteiger partial charge in [-0.1, -0.05) is 6.07 Å². The number of sulfonamides is 1. The summed E-state index contributed by atoms with van der Waals surface area (Å²) in [6, 6.07) is 4.87. The number of anilines is 2. The summed E-state index contributed by atoms with van der Waals surface area (Å²) < 4.78 is 79.7. The van der Waals surface area contributed by atoms with Crippen molar-refractivity contribution in [1.29, 1.82) is 0 Å². The second-order valence-corrected chi connectivity index (χ2v) is 13.2. The minimum absolute atomic E-state index is 0.144. The van der Waals surface area contributed by atoms with Crippen molar-refractivity contribution in [3.63, 3.8) is 0 Å². The summed E-state index contributed by atoms with van der Waals surface area (Å²) in [5, 5.41) is 3.96. The Bertz CT molecular complexity index is 1580. The molecule has 4 rings (SSSR count). The molecule has 230 valence electrons. The van der Waals surface area contributed by atoms with Gasteiger partial charge in [0.15, 0.2) is 0 Å². The van der Waals surface area contributed by atoms with E-state index in [4.69, 9.17) is 0 Å². The van der Waals surface area contributed by atoms with Crippen molar-refractivity contribution in [2.45, 2.75) is 64.2 Å². The number of pyridine rings is 1. The van der Waals surface area contributed by atoms with Crippen LogP contribution < -0.4 is 15.6 Å². The minimum Gasteiger partial charge on any atom is -0.351 e.